The molecule has 1 aromatic carbocycles. The molecule has 0 aliphatic carbocycles. The molecule has 2 rings (SSSR count). The third kappa shape index (κ3) is 5.47. The summed E-state index contributed by atoms with van der Waals surface area (Å²) in [6.07, 6.45) is -3.07. The van der Waals surface area contributed by atoms with Crippen LogP contribution < -0.4 is 11.2 Å². The minimum absolute atomic E-state index is 0.0781. The van der Waals surface area contributed by atoms with Crippen molar-refractivity contribution in [2.45, 2.75) is 16.1 Å². The third-order valence-corrected chi connectivity index (χ3v) is 3.78. The highest BCUT2D eigenvalue weighted by Gasteiger charge is 2.30. The van der Waals surface area contributed by atoms with E-state index < -0.39 is 30.2 Å². The van der Waals surface area contributed by atoms with Crippen LogP contribution in [0, 0.1) is 0 Å². The van der Waals surface area contributed by atoms with Crippen LogP contribution in [0.5, 0.6) is 0 Å². The number of benzene rings is 1. The number of primary amides is 1. The summed E-state index contributed by atoms with van der Waals surface area (Å²) in [7, 11) is 0. The summed E-state index contributed by atoms with van der Waals surface area (Å²) in [5.41, 5.74) is 6.17. The molecule has 132 valence electrons. The molecule has 1 heterocycles. The first-order valence-electron chi connectivity index (χ1n) is 6.78. The Labute approximate surface area is 144 Å². The van der Waals surface area contributed by atoms with E-state index >= 15 is 0 Å². The van der Waals surface area contributed by atoms with E-state index in [2.05, 4.69) is 9.82 Å². The number of hydrogen-bond donors (Lipinski definition) is 2. The Morgan fingerprint density at radius 2 is 2.00 bits per heavy atom. The molecule has 2 aromatic rings. The van der Waals surface area contributed by atoms with Crippen molar-refractivity contribution in [2.75, 3.05) is 6.61 Å². The van der Waals surface area contributed by atoms with Crippen LogP contribution in [-0.2, 0) is 15.8 Å². The lowest BCUT2D eigenvalue weighted by molar-refractivity contribution is -0.137. The highest BCUT2D eigenvalue weighted by atomic mass is 32.2. The average molecular weight is 371 g/mol. The van der Waals surface area contributed by atoms with Gasteiger partial charge >= 0.3 is 6.18 Å². The quantitative estimate of drug-likeness (QED) is 0.761. The molecular weight excluding hydrogens is 359 g/mol. The fourth-order valence-electron chi connectivity index (χ4n) is 1.72. The number of halogens is 3. The van der Waals surface area contributed by atoms with Gasteiger partial charge in [-0.25, -0.2) is 10.5 Å². The van der Waals surface area contributed by atoms with Crippen LogP contribution in [0.15, 0.2) is 52.5 Å². The maximum absolute atomic E-state index is 12.8. The van der Waals surface area contributed by atoms with Gasteiger partial charge in [-0.2, -0.15) is 13.2 Å². The van der Waals surface area contributed by atoms with Crippen molar-refractivity contribution >= 4 is 23.6 Å². The summed E-state index contributed by atoms with van der Waals surface area (Å²) in [5.74, 6) is -1.48. The Kier molecular flexibility index (Phi) is 5.99. The van der Waals surface area contributed by atoms with Crippen molar-refractivity contribution in [3.05, 3.63) is 53.7 Å². The molecule has 0 radical (unpaired) electrons. The molecular formula is C15H12F3N3O3S. The number of nitrogens with zero attached hydrogens (tertiary/aromatic N) is 1. The van der Waals surface area contributed by atoms with Gasteiger partial charge in [0.25, 0.3) is 5.91 Å². The second-order valence-electron chi connectivity index (χ2n) is 4.67. The standard InChI is InChI=1S/C15H12F3N3O3S/c16-15(17,18)9-3-1-4-10(7-9)25-14-11(5-2-6-20-14)13(23)21-24-8-12(19)22/h1-7H,8H2,(H2,19,22)(H,21,23). The monoisotopic (exact) mass is 371 g/mol. The predicted molar refractivity (Wildman–Crippen MR) is 82.4 cm³/mol. The topological polar surface area (TPSA) is 94.3 Å². The number of pyridine rings is 1. The second-order valence-corrected chi connectivity index (χ2v) is 5.73. The molecule has 0 fully saturated rings. The molecule has 10 heteroatoms. The summed E-state index contributed by atoms with van der Waals surface area (Å²) in [6, 6.07) is 7.56. The van der Waals surface area contributed by atoms with Crippen LogP contribution in [0.1, 0.15) is 15.9 Å². The summed E-state index contributed by atoms with van der Waals surface area (Å²) in [6.45, 7) is -0.512. The van der Waals surface area contributed by atoms with Gasteiger partial charge in [-0.05, 0) is 30.3 Å². The van der Waals surface area contributed by atoms with E-state index in [1.807, 2.05) is 5.48 Å². The van der Waals surface area contributed by atoms with E-state index in [1.54, 1.807) is 0 Å². The summed E-state index contributed by atoms with van der Waals surface area (Å²) >= 11 is 0.893. The lowest BCUT2D eigenvalue weighted by atomic mass is 10.2. The highest BCUT2D eigenvalue weighted by molar-refractivity contribution is 7.99. The van der Waals surface area contributed by atoms with Crippen LogP contribution >= 0.6 is 11.8 Å². The highest BCUT2D eigenvalue weighted by Crippen LogP contribution is 2.34. The zero-order valence-corrected chi connectivity index (χ0v) is 13.4. The Morgan fingerprint density at radius 3 is 2.68 bits per heavy atom. The van der Waals surface area contributed by atoms with Crippen molar-refractivity contribution < 1.29 is 27.6 Å². The molecule has 0 atom stereocenters. The fourth-order valence-corrected chi connectivity index (χ4v) is 2.66. The lowest BCUT2D eigenvalue weighted by Crippen LogP contribution is -2.29. The van der Waals surface area contributed by atoms with Crippen molar-refractivity contribution in [1.29, 1.82) is 0 Å². The van der Waals surface area contributed by atoms with E-state index in [-0.39, 0.29) is 15.5 Å². The Balaban J connectivity index is 2.18. The zero-order valence-electron chi connectivity index (χ0n) is 12.5. The van der Waals surface area contributed by atoms with Crippen molar-refractivity contribution in [1.82, 2.24) is 10.5 Å². The molecule has 25 heavy (non-hydrogen) atoms. The first-order chi connectivity index (χ1) is 11.8. The van der Waals surface area contributed by atoms with Crippen LogP contribution in [0.4, 0.5) is 13.2 Å². The van der Waals surface area contributed by atoms with Crippen LogP contribution in [0.2, 0.25) is 0 Å². The Hall–Kier alpha value is -2.59. The van der Waals surface area contributed by atoms with Gasteiger partial charge in [-0.3, -0.25) is 14.4 Å². The lowest BCUT2D eigenvalue weighted by Gasteiger charge is -2.10. The predicted octanol–water partition coefficient (Wildman–Crippen LogP) is 2.40. The Morgan fingerprint density at radius 1 is 1.24 bits per heavy atom. The SMILES string of the molecule is NC(=O)CONC(=O)c1cccnc1Sc1cccc(C(F)(F)F)c1. The van der Waals surface area contributed by atoms with Crippen LogP contribution in [0.3, 0.4) is 0 Å². The summed E-state index contributed by atoms with van der Waals surface area (Å²) in [5, 5.41) is 0.182. The van der Waals surface area contributed by atoms with Crippen LogP contribution in [-0.4, -0.2) is 23.4 Å². The molecule has 0 bridgehead atoms. The number of nitrogens with one attached hydrogen (secondary N) is 1. The molecule has 0 saturated carbocycles. The molecule has 1 aromatic heterocycles. The Bertz CT molecular complexity index is 784. The number of amides is 2. The van der Waals surface area contributed by atoms with E-state index in [9.17, 15) is 22.8 Å². The molecule has 0 spiro atoms. The van der Waals surface area contributed by atoms with Crippen molar-refractivity contribution in [2.24, 2.45) is 5.73 Å². The van der Waals surface area contributed by atoms with E-state index in [0.717, 1.165) is 23.9 Å². The van der Waals surface area contributed by atoms with Gasteiger partial charge in [0.1, 0.15) is 5.03 Å². The van der Waals surface area contributed by atoms with Gasteiger partial charge in [-0.15, -0.1) is 0 Å². The number of rotatable bonds is 6. The summed E-state index contributed by atoms with van der Waals surface area (Å²) < 4.78 is 38.3. The van der Waals surface area contributed by atoms with Crippen molar-refractivity contribution in [3.63, 3.8) is 0 Å². The number of carbonyl (C=O) groups excluding carboxylic acids is 2. The molecule has 6 nitrogen and oxygen atoms in total. The number of nitrogens with two attached hydrogens (primary N) is 1. The van der Waals surface area contributed by atoms with Gasteiger partial charge < -0.3 is 5.73 Å². The molecule has 0 aliphatic heterocycles. The van der Waals surface area contributed by atoms with Gasteiger partial charge in [0.05, 0.1) is 11.1 Å². The van der Waals surface area contributed by atoms with E-state index in [4.69, 9.17) is 5.73 Å². The van der Waals surface area contributed by atoms with Gasteiger partial charge in [-0.1, -0.05) is 17.8 Å². The molecule has 0 aliphatic rings. The van der Waals surface area contributed by atoms with Gasteiger partial charge in [0.2, 0.25) is 5.91 Å². The average Bonchev–Trinajstić information content (AvgIpc) is 2.54. The fraction of sp³-hybridized carbons (Fsp3) is 0.133. The minimum atomic E-state index is -4.47. The second kappa shape index (κ2) is 7.99. The van der Waals surface area contributed by atoms with Gasteiger partial charge in [0, 0.05) is 11.1 Å². The number of hydroxylamine groups is 1. The smallest absolute Gasteiger partial charge is 0.368 e. The molecule has 3 N–H and O–H groups in total. The first-order valence-corrected chi connectivity index (χ1v) is 7.59. The van der Waals surface area contributed by atoms with Crippen molar-refractivity contribution in [3.8, 4) is 0 Å². The third-order valence-electron chi connectivity index (χ3n) is 2.77. The van der Waals surface area contributed by atoms with Crippen LogP contribution in [0.25, 0.3) is 0 Å². The first kappa shape index (κ1) is 18.7. The number of hydrogen-bond acceptors (Lipinski definition) is 5. The zero-order chi connectivity index (χ0) is 18.4. The summed E-state index contributed by atoms with van der Waals surface area (Å²) in [4.78, 5) is 31.5. The number of carbonyl (C=O) groups is 2. The van der Waals surface area contributed by atoms with Gasteiger partial charge in [0.15, 0.2) is 6.61 Å². The van der Waals surface area contributed by atoms with E-state index in [1.165, 1.54) is 30.5 Å². The molecule has 2 amide bonds. The molecule has 0 saturated heterocycles. The normalized spacial score (nSPS) is 11.2. The maximum Gasteiger partial charge on any atom is 0.416 e. The number of alkyl halides is 3. The van der Waals surface area contributed by atoms with E-state index in [0.29, 0.717) is 0 Å². The molecule has 0 unspecified atom stereocenters. The largest absolute Gasteiger partial charge is 0.416 e. The maximum atomic E-state index is 12.8. The minimum Gasteiger partial charge on any atom is -0.368 e. The number of aromatic nitrogens is 1.